The van der Waals surface area contributed by atoms with Crippen LogP contribution in [0.4, 0.5) is 10.5 Å². The molecule has 0 spiro atoms. The fourth-order valence-corrected chi connectivity index (χ4v) is 2.52. The first-order valence-electron chi connectivity index (χ1n) is 5.46. The van der Waals surface area contributed by atoms with Gasteiger partial charge in [0, 0.05) is 6.92 Å². The zero-order valence-corrected chi connectivity index (χ0v) is 11.1. The molecule has 2 atom stereocenters. The number of aryl methyl sites for hydroxylation is 1. The maximum atomic E-state index is 12.0. The summed E-state index contributed by atoms with van der Waals surface area (Å²) in [5.74, 6) is 0. The Morgan fingerprint density at radius 1 is 1.32 bits per heavy atom. The highest BCUT2D eigenvalue weighted by Crippen LogP contribution is 2.32. The second kappa shape index (κ2) is 4.41. The lowest BCUT2D eigenvalue weighted by molar-refractivity contribution is -0.506. The van der Waals surface area contributed by atoms with E-state index in [9.17, 15) is 23.4 Å². The Balaban J connectivity index is 2.61. The Bertz CT molecular complexity index is 655. The maximum Gasteiger partial charge on any atom is 0.519 e. The van der Waals surface area contributed by atoms with Crippen LogP contribution in [0.15, 0.2) is 24.3 Å². The Morgan fingerprint density at radius 3 is 2.26 bits per heavy atom. The van der Waals surface area contributed by atoms with Crippen molar-refractivity contribution in [3.63, 3.8) is 0 Å². The van der Waals surface area contributed by atoms with Crippen LogP contribution in [0.25, 0.3) is 0 Å². The number of hydrogen-bond acceptors (Lipinski definition) is 5. The van der Waals surface area contributed by atoms with Crippen LogP contribution in [0.3, 0.4) is 0 Å². The lowest BCUT2D eigenvalue weighted by atomic mass is 10.1. The van der Waals surface area contributed by atoms with E-state index in [4.69, 9.17) is 0 Å². The van der Waals surface area contributed by atoms with Crippen LogP contribution in [0.5, 0.6) is 0 Å². The molecule has 0 aromatic heterocycles. The van der Waals surface area contributed by atoms with Gasteiger partial charge >= 0.3 is 16.5 Å². The summed E-state index contributed by atoms with van der Waals surface area (Å²) in [6, 6.07) is 5.54. The van der Waals surface area contributed by atoms with Crippen molar-refractivity contribution in [1.29, 1.82) is 0 Å². The normalized spacial score (nSPS) is 26.9. The quantitative estimate of drug-likeness (QED) is 0.710. The number of hydrogen-bond donors (Lipinski definition) is 2. The van der Waals surface area contributed by atoms with E-state index in [0.29, 0.717) is 5.69 Å². The fraction of sp³-hybridized carbons (Fsp3) is 0.364. The molecule has 2 N–H and O–H groups in total. The van der Waals surface area contributed by atoms with E-state index in [-0.39, 0.29) is 3.95 Å². The standard InChI is InChI=1S/C11H13N2O5S/c1-7-3-5-8(6-4-7)12-10(15)13(19(17)18)9(14)11(12,2)16/h3-6,9,14,16H,1-2H3/q+1. The van der Waals surface area contributed by atoms with Crippen molar-refractivity contribution in [1.82, 2.24) is 0 Å². The summed E-state index contributed by atoms with van der Waals surface area (Å²) in [5.41, 5.74) is -0.792. The molecule has 0 radical (unpaired) electrons. The zero-order chi connectivity index (χ0) is 14.4. The van der Waals surface area contributed by atoms with Crippen LogP contribution >= 0.6 is 0 Å². The second-order valence-corrected chi connectivity index (χ2v) is 5.29. The molecule has 1 saturated heterocycles. The third-order valence-electron chi connectivity index (χ3n) is 3.00. The molecule has 1 fully saturated rings. The third kappa shape index (κ3) is 2.03. The summed E-state index contributed by atoms with van der Waals surface area (Å²) in [7, 11) is -2.96. The summed E-state index contributed by atoms with van der Waals surface area (Å²) in [6.07, 6.45) is -1.86. The lowest BCUT2D eigenvalue weighted by Gasteiger charge is -2.21. The molecule has 2 unspecified atom stereocenters. The van der Waals surface area contributed by atoms with E-state index in [0.717, 1.165) is 10.5 Å². The van der Waals surface area contributed by atoms with E-state index in [2.05, 4.69) is 0 Å². The van der Waals surface area contributed by atoms with E-state index in [1.54, 1.807) is 24.3 Å². The third-order valence-corrected chi connectivity index (χ3v) is 3.67. The van der Waals surface area contributed by atoms with Crippen molar-refractivity contribution in [3.05, 3.63) is 29.8 Å². The van der Waals surface area contributed by atoms with Crippen molar-refractivity contribution in [2.75, 3.05) is 4.90 Å². The first-order valence-corrected chi connectivity index (χ1v) is 6.50. The number of aliphatic hydroxyl groups is 2. The van der Waals surface area contributed by atoms with Gasteiger partial charge in [0.15, 0.2) is 0 Å². The maximum absolute atomic E-state index is 12.0. The summed E-state index contributed by atoms with van der Waals surface area (Å²) < 4.78 is 22.1. The van der Waals surface area contributed by atoms with Crippen LogP contribution in [-0.4, -0.2) is 40.6 Å². The molecule has 0 aliphatic carbocycles. The topological polar surface area (TPSA) is 97.9 Å². The Kier molecular flexibility index (Phi) is 3.17. The van der Waals surface area contributed by atoms with Gasteiger partial charge in [-0.25, -0.2) is 0 Å². The number of rotatable bonds is 1. The molecular formula is C11H13N2O5S+. The Morgan fingerprint density at radius 2 is 1.84 bits per heavy atom. The average Bonchev–Trinajstić information content (AvgIpc) is 2.48. The lowest BCUT2D eigenvalue weighted by Crippen LogP contribution is -2.49. The van der Waals surface area contributed by atoms with Crippen molar-refractivity contribution in [2.45, 2.75) is 25.8 Å². The average molecular weight is 285 g/mol. The predicted molar refractivity (Wildman–Crippen MR) is 64.9 cm³/mol. The molecule has 2 rings (SSSR count). The summed E-state index contributed by atoms with van der Waals surface area (Å²) in [6.45, 7) is 3.02. The van der Waals surface area contributed by atoms with Gasteiger partial charge < -0.3 is 10.2 Å². The molecule has 2 amide bonds. The number of anilines is 1. The van der Waals surface area contributed by atoms with Crippen LogP contribution in [0, 0.1) is 6.92 Å². The number of carbonyl (C=O) groups excluding carboxylic acids is 1. The first-order chi connectivity index (χ1) is 8.76. The van der Waals surface area contributed by atoms with Gasteiger partial charge in [0.1, 0.15) is 5.69 Å². The first kappa shape index (κ1) is 13.7. The van der Waals surface area contributed by atoms with Crippen LogP contribution in [0.1, 0.15) is 12.5 Å². The largest absolute Gasteiger partial charge is 0.519 e. The van der Waals surface area contributed by atoms with Crippen molar-refractivity contribution in [3.8, 4) is 0 Å². The zero-order valence-electron chi connectivity index (χ0n) is 10.3. The van der Waals surface area contributed by atoms with Gasteiger partial charge in [-0.05, 0) is 23.0 Å². The van der Waals surface area contributed by atoms with E-state index in [1.165, 1.54) is 6.92 Å². The summed E-state index contributed by atoms with van der Waals surface area (Å²) in [4.78, 5) is 12.8. The van der Waals surface area contributed by atoms with Gasteiger partial charge in [-0.15, -0.1) is 8.42 Å². The monoisotopic (exact) mass is 285 g/mol. The van der Waals surface area contributed by atoms with Crippen molar-refractivity contribution < 1.29 is 27.4 Å². The smallest absolute Gasteiger partial charge is 0.349 e. The molecule has 1 aromatic carbocycles. The van der Waals surface area contributed by atoms with Gasteiger partial charge in [0.05, 0.1) is 0 Å². The molecule has 7 nitrogen and oxygen atoms in total. The number of carbonyl (C=O) groups is 1. The van der Waals surface area contributed by atoms with Crippen molar-refractivity contribution in [2.24, 2.45) is 0 Å². The molecule has 0 bridgehead atoms. The number of amides is 2. The van der Waals surface area contributed by atoms with Gasteiger partial charge in [-0.3, -0.25) is 0 Å². The predicted octanol–water partition coefficient (Wildman–Crippen LogP) is 0.0371. The van der Waals surface area contributed by atoms with E-state index in [1.807, 2.05) is 6.92 Å². The molecule has 8 heteroatoms. The minimum atomic E-state index is -2.96. The summed E-state index contributed by atoms with van der Waals surface area (Å²) in [5, 5.41) is 19.9. The van der Waals surface area contributed by atoms with Gasteiger partial charge in [-0.1, -0.05) is 17.7 Å². The van der Waals surface area contributed by atoms with E-state index < -0.39 is 28.5 Å². The highest BCUT2D eigenvalue weighted by molar-refractivity contribution is 7.59. The fourth-order valence-electron chi connectivity index (χ4n) is 1.95. The number of nitrogens with zero attached hydrogens (tertiary/aromatic N) is 2. The number of aliphatic hydroxyl groups excluding tert-OH is 1. The SMILES string of the molecule is Cc1ccc(N2C(=O)[N+](=S(=O)=O)C(O)C2(C)O)cc1. The van der Waals surface area contributed by atoms with Crippen molar-refractivity contribution >= 4 is 22.2 Å². The van der Waals surface area contributed by atoms with E-state index >= 15 is 0 Å². The number of benzene rings is 1. The van der Waals surface area contributed by atoms with Crippen LogP contribution < -0.4 is 4.90 Å². The van der Waals surface area contributed by atoms with Crippen LogP contribution in [0.2, 0.25) is 0 Å². The Hall–Kier alpha value is -1.77. The molecule has 1 aliphatic rings. The molecule has 1 heterocycles. The number of urea groups is 1. The molecule has 0 saturated carbocycles. The molecule has 1 aromatic rings. The summed E-state index contributed by atoms with van der Waals surface area (Å²) >= 11 is 0. The van der Waals surface area contributed by atoms with Gasteiger partial charge in [0.25, 0.3) is 12.0 Å². The minimum Gasteiger partial charge on any atom is -0.349 e. The van der Waals surface area contributed by atoms with Gasteiger partial charge in [-0.2, -0.15) is 9.69 Å². The molecular weight excluding hydrogens is 272 g/mol. The second-order valence-electron chi connectivity index (χ2n) is 4.46. The highest BCUT2D eigenvalue weighted by Gasteiger charge is 2.62. The van der Waals surface area contributed by atoms with Gasteiger partial charge in [0.2, 0.25) is 0 Å². The Labute approximate surface area is 111 Å². The molecule has 1 aliphatic heterocycles. The molecule has 102 valence electrons. The highest BCUT2D eigenvalue weighted by atomic mass is 32.2. The minimum absolute atomic E-state index is 0.194. The van der Waals surface area contributed by atoms with Crippen LogP contribution in [-0.2, 0) is 10.5 Å². The molecule has 19 heavy (non-hydrogen) atoms.